The molecule has 0 bridgehead atoms. The van der Waals surface area contributed by atoms with Gasteiger partial charge in [0.15, 0.2) is 5.13 Å². The molecule has 0 aliphatic heterocycles. The number of hydrogen-bond donors (Lipinski definition) is 2. The highest BCUT2D eigenvalue weighted by molar-refractivity contribution is 9.10. The number of hydrazone groups is 1. The summed E-state index contributed by atoms with van der Waals surface area (Å²) in [5, 5.41) is 19.5. The van der Waals surface area contributed by atoms with Gasteiger partial charge in [-0.3, -0.25) is 14.9 Å². The smallest absolute Gasteiger partial charge is 0.416 e. The Bertz CT molecular complexity index is 1540. The van der Waals surface area contributed by atoms with Crippen LogP contribution >= 0.6 is 27.3 Å². The maximum absolute atomic E-state index is 12.9. The summed E-state index contributed by atoms with van der Waals surface area (Å²) >= 11 is 4.59. The second-order valence-electron chi connectivity index (χ2n) is 8.22. The summed E-state index contributed by atoms with van der Waals surface area (Å²) in [5.74, 6) is 0.131. The van der Waals surface area contributed by atoms with Crippen molar-refractivity contribution in [2.24, 2.45) is 5.10 Å². The average Bonchev–Trinajstić information content (AvgIpc) is 3.34. The Labute approximate surface area is 238 Å². The van der Waals surface area contributed by atoms with Crippen molar-refractivity contribution >= 4 is 55.9 Å². The molecular formula is C26H19BrF3N5O4S. The highest BCUT2D eigenvalue weighted by atomic mass is 79.9. The molecule has 0 unspecified atom stereocenters. The van der Waals surface area contributed by atoms with E-state index in [0.717, 1.165) is 29.0 Å². The van der Waals surface area contributed by atoms with Crippen LogP contribution in [0, 0.1) is 10.1 Å². The molecule has 0 radical (unpaired) electrons. The molecule has 0 atom stereocenters. The second-order valence-corrected chi connectivity index (χ2v) is 9.93. The molecule has 3 aromatic carbocycles. The molecule has 1 amide bonds. The van der Waals surface area contributed by atoms with Gasteiger partial charge >= 0.3 is 6.18 Å². The van der Waals surface area contributed by atoms with Gasteiger partial charge in [-0.15, -0.1) is 11.3 Å². The third kappa shape index (κ3) is 8.10. The number of anilines is 2. The maximum Gasteiger partial charge on any atom is 0.416 e. The van der Waals surface area contributed by atoms with Crippen LogP contribution in [-0.4, -0.2) is 22.0 Å². The molecule has 0 spiro atoms. The molecular weight excluding hydrogens is 615 g/mol. The van der Waals surface area contributed by atoms with E-state index in [1.165, 1.54) is 30.5 Å². The van der Waals surface area contributed by atoms with Gasteiger partial charge < -0.3 is 10.1 Å². The van der Waals surface area contributed by atoms with Gasteiger partial charge in [0.25, 0.3) is 5.69 Å². The number of nitro groups is 1. The number of non-ortho nitro benzene ring substituents is 1. The van der Waals surface area contributed by atoms with Gasteiger partial charge in [-0.05, 0) is 75.6 Å². The van der Waals surface area contributed by atoms with Crippen LogP contribution in [0.4, 0.5) is 29.7 Å². The molecule has 2 N–H and O–H groups in total. The number of hydrogen-bond acceptors (Lipinski definition) is 8. The lowest BCUT2D eigenvalue weighted by atomic mass is 10.2. The van der Waals surface area contributed by atoms with Gasteiger partial charge in [-0.1, -0.05) is 6.07 Å². The fourth-order valence-electron chi connectivity index (χ4n) is 3.31. The molecule has 14 heteroatoms. The first kappa shape index (κ1) is 28.7. The van der Waals surface area contributed by atoms with E-state index in [1.54, 1.807) is 35.7 Å². The number of nitro benzene ring substituents is 1. The minimum Gasteiger partial charge on any atom is -0.488 e. The first-order valence-corrected chi connectivity index (χ1v) is 13.1. The number of nitrogens with zero attached hydrogens (tertiary/aromatic N) is 3. The molecule has 0 fully saturated rings. The molecule has 0 aliphatic carbocycles. The van der Waals surface area contributed by atoms with E-state index in [1.807, 2.05) is 0 Å². The fraction of sp³-hybridized carbons (Fsp3) is 0.115. The maximum atomic E-state index is 12.9. The number of alkyl halides is 3. The number of halogens is 4. The van der Waals surface area contributed by atoms with Crippen LogP contribution in [0.1, 0.15) is 22.4 Å². The monoisotopic (exact) mass is 633 g/mol. The standard InChI is InChI=1S/C26H19BrF3N5O4S/c27-22-10-17(6-9-23(22)39-14-16-4-7-21(8-5-16)35(37)38)13-31-34-24(36)12-20-15-40-25(33-20)32-19-3-1-2-18(11-19)26(28,29)30/h1-11,13,15H,12,14H2,(H,32,33)(H,34,36)/b31-13-. The predicted molar refractivity (Wildman–Crippen MR) is 148 cm³/mol. The third-order valence-corrected chi connectivity index (χ3v) is 6.66. The van der Waals surface area contributed by atoms with Gasteiger partial charge in [-0.25, -0.2) is 10.4 Å². The SMILES string of the molecule is O=C(Cc1csc(Nc2cccc(C(F)(F)F)c2)n1)N/N=C\c1ccc(OCc2ccc([N+](=O)[O-])cc2)c(Br)c1. The summed E-state index contributed by atoms with van der Waals surface area (Å²) in [6, 6.07) is 16.0. The molecule has 206 valence electrons. The lowest BCUT2D eigenvalue weighted by Gasteiger charge is -2.09. The van der Waals surface area contributed by atoms with Gasteiger partial charge in [0.2, 0.25) is 5.91 Å². The topological polar surface area (TPSA) is 119 Å². The normalized spacial score (nSPS) is 11.4. The average molecular weight is 634 g/mol. The van der Waals surface area contributed by atoms with Crippen molar-refractivity contribution in [3.63, 3.8) is 0 Å². The van der Waals surface area contributed by atoms with Crippen LogP contribution in [0.15, 0.2) is 81.7 Å². The van der Waals surface area contributed by atoms with E-state index >= 15 is 0 Å². The predicted octanol–water partition coefficient (Wildman–Crippen LogP) is 6.85. The largest absolute Gasteiger partial charge is 0.488 e. The highest BCUT2D eigenvalue weighted by Gasteiger charge is 2.30. The van der Waals surface area contributed by atoms with Crippen molar-refractivity contribution in [1.82, 2.24) is 10.4 Å². The molecule has 9 nitrogen and oxygen atoms in total. The van der Waals surface area contributed by atoms with Gasteiger partial charge in [0.1, 0.15) is 12.4 Å². The number of thiazole rings is 1. The Morgan fingerprint density at radius 3 is 2.62 bits per heavy atom. The summed E-state index contributed by atoms with van der Waals surface area (Å²) in [6.45, 7) is 0.216. The molecule has 40 heavy (non-hydrogen) atoms. The van der Waals surface area contributed by atoms with Gasteiger partial charge in [0, 0.05) is 23.2 Å². The van der Waals surface area contributed by atoms with Gasteiger partial charge in [0.05, 0.1) is 33.3 Å². The summed E-state index contributed by atoms with van der Waals surface area (Å²) in [6.07, 6.45) is -3.07. The molecule has 0 aliphatic rings. The van der Waals surface area contributed by atoms with Crippen molar-refractivity contribution in [1.29, 1.82) is 0 Å². The van der Waals surface area contributed by atoms with E-state index in [2.05, 4.69) is 36.8 Å². The molecule has 1 aromatic heterocycles. The van der Waals surface area contributed by atoms with Crippen LogP contribution in [0.25, 0.3) is 0 Å². The Kier molecular flexibility index (Phi) is 9.11. The van der Waals surface area contributed by atoms with Crippen LogP contribution in [0.5, 0.6) is 5.75 Å². The fourth-order valence-corrected chi connectivity index (χ4v) is 4.56. The summed E-state index contributed by atoms with van der Waals surface area (Å²) in [5.41, 5.74) is 3.75. The van der Waals surface area contributed by atoms with Crippen LogP contribution in [-0.2, 0) is 24.0 Å². The minimum absolute atomic E-state index is 0.00281. The highest BCUT2D eigenvalue weighted by Crippen LogP contribution is 2.32. The van der Waals surface area contributed by atoms with Crippen LogP contribution in [0.2, 0.25) is 0 Å². The zero-order valence-corrected chi connectivity index (χ0v) is 22.7. The number of rotatable bonds is 10. The number of ether oxygens (including phenoxy) is 1. The quantitative estimate of drug-likeness (QED) is 0.112. The first-order chi connectivity index (χ1) is 19.1. The zero-order chi connectivity index (χ0) is 28.7. The molecule has 4 rings (SSSR count). The van der Waals surface area contributed by atoms with E-state index < -0.39 is 22.6 Å². The number of nitrogens with one attached hydrogen (secondary N) is 2. The zero-order valence-electron chi connectivity index (χ0n) is 20.3. The number of benzene rings is 3. The van der Waals surface area contributed by atoms with Crippen molar-refractivity contribution in [3.05, 3.63) is 109 Å². The van der Waals surface area contributed by atoms with Gasteiger partial charge in [-0.2, -0.15) is 18.3 Å². The molecule has 0 saturated carbocycles. The Balaban J connectivity index is 1.26. The summed E-state index contributed by atoms with van der Waals surface area (Å²) in [4.78, 5) is 26.8. The first-order valence-electron chi connectivity index (χ1n) is 11.4. The van der Waals surface area contributed by atoms with Crippen molar-refractivity contribution in [2.45, 2.75) is 19.2 Å². The molecule has 0 saturated heterocycles. The number of aromatic nitrogens is 1. The number of amides is 1. The number of carbonyl (C=O) groups is 1. The van der Waals surface area contributed by atoms with Crippen LogP contribution < -0.4 is 15.5 Å². The molecule has 1 heterocycles. The second kappa shape index (κ2) is 12.7. The van der Waals surface area contributed by atoms with Crippen molar-refractivity contribution in [3.8, 4) is 5.75 Å². The van der Waals surface area contributed by atoms with Crippen molar-refractivity contribution < 1.29 is 27.6 Å². The minimum atomic E-state index is -4.45. The Hall–Kier alpha value is -4.30. The Morgan fingerprint density at radius 1 is 1.15 bits per heavy atom. The summed E-state index contributed by atoms with van der Waals surface area (Å²) in [7, 11) is 0. The lowest BCUT2D eigenvalue weighted by Crippen LogP contribution is -2.19. The van der Waals surface area contributed by atoms with E-state index in [9.17, 15) is 28.1 Å². The van der Waals surface area contributed by atoms with E-state index in [4.69, 9.17) is 4.74 Å². The number of carbonyl (C=O) groups excluding carboxylic acids is 1. The van der Waals surface area contributed by atoms with Crippen LogP contribution in [0.3, 0.4) is 0 Å². The van der Waals surface area contributed by atoms with E-state index in [0.29, 0.717) is 26.6 Å². The van der Waals surface area contributed by atoms with E-state index in [-0.39, 0.29) is 24.4 Å². The third-order valence-electron chi connectivity index (χ3n) is 5.23. The lowest BCUT2D eigenvalue weighted by molar-refractivity contribution is -0.384. The van der Waals surface area contributed by atoms with Crippen molar-refractivity contribution in [2.75, 3.05) is 5.32 Å². The Morgan fingerprint density at radius 2 is 1.93 bits per heavy atom. The molecule has 4 aromatic rings. The summed E-state index contributed by atoms with van der Waals surface area (Å²) < 4.78 is 45.1.